The van der Waals surface area contributed by atoms with E-state index in [1.807, 2.05) is 4.90 Å². The molecule has 0 radical (unpaired) electrons. The Labute approximate surface area is 301 Å². The molecule has 1 aromatic heterocycles. The molecule has 284 valence electrons. The third-order valence-electron chi connectivity index (χ3n) is 8.98. The summed E-state index contributed by atoms with van der Waals surface area (Å²) in [6, 6.07) is 2.90. The first-order chi connectivity index (χ1) is 24.1. The third kappa shape index (κ3) is 9.35. The van der Waals surface area contributed by atoms with E-state index in [4.69, 9.17) is 9.47 Å². The number of benzene rings is 1. The minimum absolute atomic E-state index is 0.0231. The third-order valence-corrected chi connectivity index (χ3v) is 8.98. The molecule has 1 aliphatic carbocycles. The molecule has 2 aromatic rings. The van der Waals surface area contributed by atoms with Crippen molar-refractivity contribution in [2.45, 2.75) is 84.7 Å². The van der Waals surface area contributed by atoms with E-state index in [-0.39, 0.29) is 73.6 Å². The van der Waals surface area contributed by atoms with Crippen LogP contribution in [-0.4, -0.2) is 110 Å². The predicted molar refractivity (Wildman–Crippen MR) is 186 cm³/mol. The highest BCUT2D eigenvalue weighted by Crippen LogP contribution is 2.46. The first kappa shape index (κ1) is 38.4. The van der Waals surface area contributed by atoms with E-state index in [0.717, 1.165) is 16.7 Å². The minimum Gasteiger partial charge on any atom is -0.444 e. The maximum absolute atomic E-state index is 15.2. The highest BCUT2D eigenvalue weighted by atomic mass is 19.1. The molecule has 5 amide bonds. The molecular weight excluding hydrogens is 682 g/mol. The van der Waals surface area contributed by atoms with Crippen molar-refractivity contribution in [3.8, 4) is 5.69 Å². The van der Waals surface area contributed by atoms with Crippen molar-refractivity contribution in [1.29, 1.82) is 0 Å². The largest absolute Gasteiger partial charge is 0.444 e. The summed E-state index contributed by atoms with van der Waals surface area (Å²) >= 11 is 0. The number of alkyl carbamates (subject to hydrolysis) is 2. The molecule has 15 nitrogen and oxygen atoms in total. The van der Waals surface area contributed by atoms with Crippen LogP contribution in [0.5, 0.6) is 0 Å². The zero-order chi connectivity index (χ0) is 38.3. The first-order valence-corrected chi connectivity index (χ1v) is 17.3. The summed E-state index contributed by atoms with van der Waals surface area (Å²) < 4.78 is 42.0. The molecule has 3 aliphatic rings. The van der Waals surface area contributed by atoms with Gasteiger partial charge in [-0.1, -0.05) is 0 Å². The summed E-state index contributed by atoms with van der Waals surface area (Å²) in [4.78, 5) is 72.1. The molecular formula is C35H48F2N8O7. The molecule has 2 atom stereocenters. The van der Waals surface area contributed by atoms with Crippen LogP contribution in [-0.2, 0) is 20.8 Å². The van der Waals surface area contributed by atoms with Crippen molar-refractivity contribution in [3.63, 3.8) is 0 Å². The number of carbonyl (C=O) groups is 4. The summed E-state index contributed by atoms with van der Waals surface area (Å²) in [6.07, 6.45) is 0.0683. The maximum atomic E-state index is 15.2. The first-order valence-electron chi connectivity index (χ1n) is 17.3. The summed E-state index contributed by atoms with van der Waals surface area (Å²) in [7, 11) is 0. The SMILES string of the molecule is CC(C)(C)OC(=O)NC1C2CN(Cc3c(F)cc(-n4ccc(NC(=O)N5CCN(C(=O)C(C)(C)NC(=O)OC(C)(C)C)CC5)nc4=O)cc3F)CC21. The molecule has 2 aliphatic heterocycles. The second-order valence-corrected chi connectivity index (χ2v) is 16.0. The molecule has 2 unspecified atom stereocenters. The van der Waals surface area contributed by atoms with E-state index in [1.165, 1.54) is 17.2 Å². The number of piperazine rings is 1. The Hall–Kier alpha value is -4.80. The lowest BCUT2D eigenvalue weighted by Crippen LogP contribution is -2.60. The Morgan fingerprint density at radius 2 is 1.38 bits per heavy atom. The molecule has 5 rings (SSSR count). The number of nitrogens with one attached hydrogen (secondary N) is 3. The van der Waals surface area contributed by atoms with Crippen LogP contribution in [0.25, 0.3) is 5.69 Å². The van der Waals surface area contributed by atoms with Gasteiger partial charge in [-0.15, -0.1) is 0 Å². The number of hydrogen-bond acceptors (Lipinski definition) is 9. The predicted octanol–water partition coefficient (Wildman–Crippen LogP) is 3.45. The van der Waals surface area contributed by atoms with Gasteiger partial charge >= 0.3 is 23.9 Å². The Morgan fingerprint density at radius 1 is 0.846 bits per heavy atom. The highest BCUT2D eigenvalue weighted by Gasteiger charge is 2.56. The van der Waals surface area contributed by atoms with Gasteiger partial charge in [-0.25, -0.2) is 28.0 Å². The van der Waals surface area contributed by atoms with Crippen molar-refractivity contribution in [1.82, 2.24) is 34.9 Å². The molecule has 0 spiro atoms. The average molecular weight is 731 g/mol. The highest BCUT2D eigenvalue weighted by molar-refractivity contribution is 5.90. The van der Waals surface area contributed by atoms with Crippen LogP contribution in [0.2, 0.25) is 0 Å². The molecule has 17 heteroatoms. The second kappa shape index (κ2) is 14.3. The van der Waals surface area contributed by atoms with E-state index >= 15 is 8.78 Å². The topological polar surface area (TPSA) is 167 Å². The van der Waals surface area contributed by atoms with Gasteiger partial charge in [-0.3, -0.25) is 19.6 Å². The van der Waals surface area contributed by atoms with E-state index in [0.29, 0.717) is 13.1 Å². The van der Waals surface area contributed by atoms with Gasteiger partial charge in [0.15, 0.2) is 0 Å². The van der Waals surface area contributed by atoms with E-state index in [2.05, 4.69) is 20.9 Å². The number of likely N-dealkylation sites (tertiary alicyclic amines) is 1. The van der Waals surface area contributed by atoms with Crippen LogP contribution in [0.15, 0.2) is 29.2 Å². The van der Waals surface area contributed by atoms with Gasteiger partial charge in [-0.2, -0.15) is 4.98 Å². The number of rotatable bonds is 7. The Bertz CT molecular complexity index is 1740. The fourth-order valence-electron chi connectivity index (χ4n) is 6.48. The van der Waals surface area contributed by atoms with Gasteiger partial charge in [0.25, 0.3) is 0 Å². The molecule has 3 N–H and O–H groups in total. The number of nitrogens with zero attached hydrogens (tertiary/aromatic N) is 5. The normalized spacial score (nSPS) is 20.5. The smallest absolute Gasteiger partial charge is 0.408 e. The number of carbonyl (C=O) groups excluding carboxylic acids is 4. The van der Waals surface area contributed by atoms with Crippen LogP contribution in [0.4, 0.5) is 29.0 Å². The van der Waals surface area contributed by atoms with Crippen molar-refractivity contribution in [3.05, 3.63) is 52.1 Å². The molecule has 0 bridgehead atoms. The van der Waals surface area contributed by atoms with Crippen LogP contribution >= 0.6 is 0 Å². The van der Waals surface area contributed by atoms with Crippen molar-refractivity contribution in [2.75, 3.05) is 44.6 Å². The number of fused-ring (bicyclic) bond motifs is 1. The van der Waals surface area contributed by atoms with E-state index < -0.39 is 52.3 Å². The Morgan fingerprint density at radius 3 is 1.92 bits per heavy atom. The average Bonchev–Trinajstić information content (AvgIpc) is 3.42. The monoisotopic (exact) mass is 730 g/mol. The minimum atomic E-state index is -1.24. The van der Waals surface area contributed by atoms with Gasteiger partial charge in [0.05, 0.1) is 5.69 Å². The molecule has 52 heavy (non-hydrogen) atoms. The summed E-state index contributed by atoms with van der Waals surface area (Å²) in [6.45, 7) is 15.6. The quantitative estimate of drug-likeness (QED) is 0.387. The van der Waals surface area contributed by atoms with Crippen molar-refractivity contribution in [2.24, 2.45) is 11.8 Å². The number of ether oxygens (including phenoxy) is 2. The number of piperidine rings is 1. The van der Waals surface area contributed by atoms with Crippen LogP contribution in [0.3, 0.4) is 0 Å². The number of amides is 5. The number of aromatic nitrogens is 2. The molecule has 3 heterocycles. The molecule has 3 fully saturated rings. The van der Waals surface area contributed by atoms with Crippen LogP contribution < -0.4 is 21.6 Å². The zero-order valence-electron chi connectivity index (χ0n) is 30.8. The van der Waals surface area contributed by atoms with Gasteiger partial charge in [-0.05, 0) is 85.4 Å². The van der Waals surface area contributed by atoms with Crippen LogP contribution in [0.1, 0.15) is 61.0 Å². The lowest BCUT2D eigenvalue weighted by molar-refractivity contribution is -0.138. The van der Waals surface area contributed by atoms with Gasteiger partial charge in [0.2, 0.25) is 5.91 Å². The van der Waals surface area contributed by atoms with Gasteiger partial charge in [0.1, 0.15) is 34.2 Å². The lowest BCUT2D eigenvalue weighted by atomic mass is 10.0. The standard InChI is InChI=1S/C35H48F2N8O7/c1-33(2,3)51-31(49)40-27-21-17-42(18-22(21)27)19-23-24(36)15-20(16-25(23)37)45-10-9-26(39-30(45)48)38-29(47)44-13-11-43(12-14-44)28(46)35(7,8)41-32(50)52-34(4,5)6/h9-10,15-16,21-22,27H,11-14,17-19H2,1-8H3,(H,40,49)(H,41,50)(H,38,39,47,48). The van der Waals surface area contributed by atoms with Crippen molar-refractivity contribution < 1.29 is 37.4 Å². The van der Waals surface area contributed by atoms with Gasteiger partial charge in [0, 0.05) is 63.6 Å². The number of hydrogen-bond donors (Lipinski definition) is 3. The Balaban J connectivity index is 1.12. The van der Waals surface area contributed by atoms with E-state index in [1.54, 1.807) is 60.3 Å². The fraction of sp³-hybridized carbons (Fsp3) is 0.600. The van der Waals surface area contributed by atoms with Crippen LogP contribution in [0, 0.1) is 23.5 Å². The zero-order valence-corrected chi connectivity index (χ0v) is 30.8. The van der Waals surface area contributed by atoms with Crippen molar-refractivity contribution >= 4 is 29.9 Å². The number of urea groups is 1. The molecule has 1 aromatic carbocycles. The number of anilines is 1. The summed E-state index contributed by atoms with van der Waals surface area (Å²) in [5.74, 6) is -1.66. The lowest BCUT2D eigenvalue weighted by Gasteiger charge is -2.38. The maximum Gasteiger partial charge on any atom is 0.408 e. The molecule has 1 saturated carbocycles. The summed E-state index contributed by atoms with van der Waals surface area (Å²) in [5.41, 5.74) is -3.62. The Kier molecular flexibility index (Phi) is 10.6. The van der Waals surface area contributed by atoms with E-state index in [9.17, 15) is 24.0 Å². The molecule has 2 saturated heterocycles. The summed E-state index contributed by atoms with van der Waals surface area (Å²) in [5, 5.41) is 8.02. The fourth-order valence-corrected chi connectivity index (χ4v) is 6.48. The number of halogens is 2. The second-order valence-electron chi connectivity index (χ2n) is 16.0. The van der Waals surface area contributed by atoms with Gasteiger partial charge < -0.3 is 29.9 Å².